The molecule has 0 aliphatic heterocycles. The van der Waals surface area contributed by atoms with E-state index in [1.807, 2.05) is 60.3 Å². The minimum atomic E-state index is -0.0814. The number of para-hydroxylation sites is 1. The van der Waals surface area contributed by atoms with Crippen molar-refractivity contribution in [1.82, 2.24) is 19.7 Å². The SMILES string of the molecule is Cc1nn(-c2ccccc2)c(C)c1NC(=O)CSc1ncnc2ccsc12. The third kappa shape index (κ3) is 3.58. The first-order valence-electron chi connectivity index (χ1n) is 8.36. The van der Waals surface area contributed by atoms with Crippen molar-refractivity contribution in [1.29, 1.82) is 0 Å². The highest BCUT2D eigenvalue weighted by molar-refractivity contribution is 8.00. The summed E-state index contributed by atoms with van der Waals surface area (Å²) < 4.78 is 2.86. The zero-order valence-electron chi connectivity index (χ0n) is 14.8. The number of thioether (sulfide) groups is 1. The summed E-state index contributed by atoms with van der Waals surface area (Å²) in [6, 6.07) is 11.8. The number of anilines is 1. The third-order valence-electron chi connectivity index (χ3n) is 4.11. The van der Waals surface area contributed by atoms with Crippen LogP contribution in [0, 0.1) is 13.8 Å². The van der Waals surface area contributed by atoms with Crippen molar-refractivity contribution in [2.24, 2.45) is 0 Å². The predicted molar refractivity (Wildman–Crippen MR) is 110 cm³/mol. The van der Waals surface area contributed by atoms with E-state index in [1.165, 1.54) is 18.1 Å². The Kier molecular flexibility index (Phi) is 4.91. The van der Waals surface area contributed by atoms with Gasteiger partial charge in [-0.25, -0.2) is 14.6 Å². The summed E-state index contributed by atoms with van der Waals surface area (Å²) >= 11 is 3.00. The molecular formula is C19H17N5OS2. The maximum atomic E-state index is 12.5. The second-order valence-electron chi connectivity index (χ2n) is 5.94. The Labute approximate surface area is 164 Å². The summed E-state index contributed by atoms with van der Waals surface area (Å²) in [6.45, 7) is 3.85. The number of hydrogen-bond donors (Lipinski definition) is 1. The van der Waals surface area contributed by atoms with Gasteiger partial charge in [0, 0.05) is 0 Å². The zero-order valence-corrected chi connectivity index (χ0v) is 16.5. The Balaban J connectivity index is 1.49. The van der Waals surface area contributed by atoms with Gasteiger partial charge in [-0.05, 0) is 37.4 Å². The van der Waals surface area contributed by atoms with Crippen LogP contribution >= 0.6 is 23.1 Å². The smallest absolute Gasteiger partial charge is 0.234 e. The summed E-state index contributed by atoms with van der Waals surface area (Å²) in [5, 5.41) is 10.4. The third-order valence-corrected chi connectivity index (χ3v) is 6.14. The molecule has 0 spiro atoms. The first-order chi connectivity index (χ1) is 13.1. The monoisotopic (exact) mass is 395 g/mol. The minimum Gasteiger partial charge on any atom is -0.322 e. The lowest BCUT2D eigenvalue weighted by atomic mass is 10.3. The molecule has 0 fully saturated rings. The number of nitrogens with zero attached hydrogens (tertiary/aromatic N) is 4. The molecule has 27 heavy (non-hydrogen) atoms. The highest BCUT2D eigenvalue weighted by atomic mass is 32.2. The van der Waals surface area contributed by atoms with Crippen molar-refractivity contribution in [2.75, 3.05) is 11.1 Å². The summed E-state index contributed by atoms with van der Waals surface area (Å²) in [4.78, 5) is 21.0. The van der Waals surface area contributed by atoms with E-state index in [2.05, 4.69) is 20.4 Å². The molecule has 4 aromatic rings. The molecule has 0 bridgehead atoms. The van der Waals surface area contributed by atoms with E-state index < -0.39 is 0 Å². The van der Waals surface area contributed by atoms with Gasteiger partial charge in [0.2, 0.25) is 5.91 Å². The molecular weight excluding hydrogens is 378 g/mol. The molecule has 1 N–H and O–H groups in total. The molecule has 1 aromatic carbocycles. The molecule has 0 atom stereocenters. The zero-order chi connectivity index (χ0) is 18.8. The van der Waals surface area contributed by atoms with Gasteiger partial charge in [0.25, 0.3) is 0 Å². The van der Waals surface area contributed by atoms with Crippen LogP contribution in [-0.4, -0.2) is 31.4 Å². The molecule has 0 unspecified atom stereocenters. The van der Waals surface area contributed by atoms with Crippen LogP contribution in [-0.2, 0) is 4.79 Å². The molecule has 0 saturated carbocycles. The number of aryl methyl sites for hydroxylation is 1. The number of amides is 1. The van der Waals surface area contributed by atoms with Crippen LogP contribution in [0.2, 0.25) is 0 Å². The van der Waals surface area contributed by atoms with Crippen molar-refractivity contribution in [3.05, 3.63) is 59.5 Å². The Hall–Kier alpha value is -2.71. The molecule has 3 aromatic heterocycles. The number of fused-ring (bicyclic) bond motifs is 1. The van der Waals surface area contributed by atoms with E-state index in [0.717, 1.165) is 38.0 Å². The molecule has 3 heterocycles. The minimum absolute atomic E-state index is 0.0814. The van der Waals surface area contributed by atoms with Crippen molar-refractivity contribution < 1.29 is 4.79 Å². The highest BCUT2D eigenvalue weighted by Gasteiger charge is 2.16. The lowest BCUT2D eigenvalue weighted by Gasteiger charge is -2.07. The molecule has 0 radical (unpaired) electrons. The first-order valence-corrected chi connectivity index (χ1v) is 10.2. The summed E-state index contributed by atoms with van der Waals surface area (Å²) in [5.74, 6) is 0.196. The predicted octanol–water partition coefficient (Wildman–Crippen LogP) is 4.22. The molecule has 0 aliphatic carbocycles. The van der Waals surface area contributed by atoms with Gasteiger partial charge in [-0.2, -0.15) is 5.10 Å². The normalized spacial score (nSPS) is 11.0. The fourth-order valence-corrected chi connectivity index (χ4v) is 4.57. The van der Waals surface area contributed by atoms with Crippen molar-refractivity contribution >= 4 is 44.9 Å². The average Bonchev–Trinajstić information content (AvgIpc) is 3.27. The number of aromatic nitrogens is 4. The number of nitrogens with one attached hydrogen (secondary N) is 1. The van der Waals surface area contributed by atoms with Crippen LogP contribution in [0.3, 0.4) is 0 Å². The second-order valence-corrected chi connectivity index (χ2v) is 7.82. The first kappa shape index (κ1) is 17.7. The number of rotatable bonds is 5. The van der Waals surface area contributed by atoms with Crippen LogP contribution in [0.15, 0.2) is 53.1 Å². The topological polar surface area (TPSA) is 72.7 Å². The number of benzene rings is 1. The van der Waals surface area contributed by atoms with Crippen molar-refractivity contribution in [2.45, 2.75) is 18.9 Å². The van der Waals surface area contributed by atoms with Gasteiger partial charge < -0.3 is 5.32 Å². The summed E-state index contributed by atoms with van der Waals surface area (Å²) in [5.41, 5.74) is 4.33. The van der Waals surface area contributed by atoms with Crippen LogP contribution in [0.25, 0.3) is 15.9 Å². The van der Waals surface area contributed by atoms with Gasteiger partial charge in [-0.1, -0.05) is 30.0 Å². The van der Waals surface area contributed by atoms with E-state index in [1.54, 1.807) is 11.3 Å². The van der Waals surface area contributed by atoms with Gasteiger partial charge in [0.1, 0.15) is 11.4 Å². The van der Waals surface area contributed by atoms with Crippen molar-refractivity contribution in [3.63, 3.8) is 0 Å². The Morgan fingerprint density at radius 2 is 2.00 bits per heavy atom. The van der Waals surface area contributed by atoms with E-state index in [9.17, 15) is 4.79 Å². The van der Waals surface area contributed by atoms with Crippen LogP contribution in [0.1, 0.15) is 11.4 Å². The fraction of sp³-hybridized carbons (Fsp3) is 0.158. The van der Waals surface area contributed by atoms with E-state index >= 15 is 0 Å². The van der Waals surface area contributed by atoms with Gasteiger partial charge >= 0.3 is 0 Å². The van der Waals surface area contributed by atoms with E-state index in [0.29, 0.717) is 0 Å². The molecule has 0 saturated heterocycles. The van der Waals surface area contributed by atoms with E-state index in [-0.39, 0.29) is 11.7 Å². The van der Waals surface area contributed by atoms with Gasteiger partial charge in [-0.3, -0.25) is 4.79 Å². The van der Waals surface area contributed by atoms with Gasteiger partial charge in [-0.15, -0.1) is 11.3 Å². The number of carbonyl (C=O) groups is 1. The van der Waals surface area contributed by atoms with E-state index in [4.69, 9.17) is 0 Å². The van der Waals surface area contributed by atoms with Crippen LogP contribution in [0.5, 0.6) is 0 Å². The standard InChI is InChI=1S/C19H17N5OS2/c1-12-17(13(2)24(23-12)14-6-4-3-5-7-14)22-16(25)10-27-19-18-15(8-9-26-18)20-11-21-19/h3-9,11H,10H2,1-2H3,(H,22,25). The molecule has 4 rings (SSSR count). The number of hydrogen-bond acceptors (Lipinski definition) is 6. The van der Waals surface area contributed by atoms with Crippen molar-refractivity contribution in [3.8, 4) is 5.69 Å². The van der Waals surface area contributed by atoms with Crippen LogP contribution < -0.4 is 5.32 Å². The van der Waals surface area contributed by atoms with Gasteiger partial charge in [0.15, 0.2) is 0 Å². The lowest BCUT2D eigenvalue weighted by molar-refractivity contribution is -0.113. The largest absolute Gasteiger partial charge is 0.322 e. The fourth-order valence-electron chi connectivity index (χ4n) is 2.82. The summed E-state index contributed by atoms with van der Waals surface area (Å²) in [7, 11) is 0. The lowest BCUT2D eigenvalue weighted by Crippen LogP contribution is -2.15. The molecule has 136 valence electrons. The average molecular weight is 396 g/mol. The summed E-state index contributed by atoms with van der Waals surface area (Å²) in [6.07, 6.45) is 1.54. The Morgan fingerprint density at radius 1 is 1.19 bits per heavy atom. The number of carbonyl (C=O) groups excluding carboxylic acids is 1. The Morgan fingerprint density at radius 3 is 2.81 bits per heavy atom. The molecule has 1 amide bonds. The van der Waals surface area contributed by atoms with Crippen LogP contribution in [0.4, 0.5) is 5.69 Å². The highest BCUT2D eigenvalue weighted by Crippen LogP contribution is 2.29. The maximum Gasteiger partial charge on any atom is 0.234 e. The van der Waals surface area contributed by atoms with Gasteiger partial charge in [0.05, 0.1) is 38.7 Å². The maximum absolute atomic E-state index is 12.5. The second kappa shape index (κ2) is 7.50. The molecule has 8 heteroatoms. The molecule has 6 nitrogen and oxygen atoms in total. The molecule has 0 aliphatic rings. The number of thiophene rings is 1. The quantitative estimate of drug-likeness (QED) is 0.404. The Bertz CT molecular complexity index is 1100.